The van der Waals surface area contributed by atoms with Gasteiger partial charge in [0.05, 0.1) is 24.3 Å². The average Bonchev–Trinajstić information content (AvgIpc) is 3.23. The Bertz CT molecular complexity index is 1250. The Morgan fingerprint density at radius 2 is 1.64 bits per heavy atom. The van der Waals surface area contributed by atoms with E-state index >= 15 is 0 Å². The van der Waals surface area contributed by atoms with Gasteiger partial charge in [-0.25, -0.2) is 9.07 Å². The van der Waals surface area contributed by atoms with Gasteiger partial charge < -0.3 is 20.2 Å². The summed E-state index contributed by atoms with van der Waals surface area (Å²) in [4.78, 5) is 26.1. The molecule has 0 unspecified atom stereocenters. The third-order valence-electron chi connectivity index (χ3n) is 6.43. The first kappa shape index (κ1) is 32.7. The second-order valence-electron chi connectivity index (χ2n) is 10.1. The van der Waals surface area contributed by atoms with Gasteiger partial charge in [-0.05, 0) is 61.9 Å². The summed E-state index contributed by atoms with van der Waals surface area (Å²) in [6.45, 7) is 6.31. The van der Waals surface area contributed by atoms with Crippen molar-refractivity contribution in [3.63, 3.8) is 0 Å². The minimum atomic E-state index is -1.17. The van der Waals surface area contributed by atoms with Gasteiger partial charge in [0.15, 0.2) is 5.69 Å². The number of amides is 1. The van der Waals surface area contributed by atoms with Gasteiger partial charge in [0.1, 0.15) is 5.82 Å². The zero-order valence-electron chi connectivity index (χ0n) is 22.3. The number of halogens is 1. The number of aromatic nitrogens is 2. The molecular weight excluding hydrogens is 512 g/mol. The topological polar surface area (TPSA) is 116 Å². The van der Waals surface area contributed by atoms with Gasteiger partial charge in [-0.2, -0.15) is 5.10 Å². The van der Waals surface area contributed by atoms with Crippen molar-refractivity contribution in [1.29, 1.82) is 0 Å². The molecule has 1 heterocycles. The van der Waals surface area contributed by atoms with Crippen LogP contribution in [0.1, 0.15) is 71.9 Å². The van der Waals surface area contributed by atoms with E-state index in [1.54, 1.807) is 28.8 Å². The molecule has 0 fully saturated rings. The average molecular weight is 550 g/mol. The number of carboxylic acids is 1. The molecule has 0 bridgehead atoms. The van der Waals surface area contributed by atoms with Crippen molar-refractivity contribution in [2.24, 2.45) is 0 Å². The monoisotopic (exact) mass is 549 g/mol. The van der Waals surface area contributed by atoms with Gasteiger partial charge in [0.25, 0.3) is 5.91 Å². The maximum absolute atomic E-state index is 13.7. The molecule has 3 aromatic rings. The summed E-state index contributed by atoms with van der Waals surface area (Å²) in [6.07, 6.45) is -2.12. The van der Waals surface area contributed by atoms with Gasteiger partial charge in [0, 0.05) is 24.8 Å². The third-order valence-corrected chi connectivity index (χ3v) is 6.43. The molecule has 0 aliphatic carbocycles. The van der Waals surface area contributed by atoms with Crippen molar-refractivity contribution in [3.05, 3.63) is 82.4 Å². The van der Waals surface area contributed by atoms with Crippen LogP contribution < -0.4 is 0 Å². The Hall–Kier alpha value is -2.56. The molecule has 0 aliphatic rings. The molecule has 2 atom stereocenters. The fourth-order valence-corrected chi connectivity index (χ4v) is 4.51. The SMILES string of the molecule is Cc1ccc(CN(C)C(=O)c2nn(-c3ccc(F)cc3)c(CC[C@@H](O)C[C@@H](O)CC(=O)O)c2C(C)C)cc1.[NaH]. The summed E-state index contributed by atoms with van der Waals surface area (Å²) in [5.41, 5.74) is 4.40. The quantitative estimate of drug-likeness (QED) is 0.298. The van der Waals surface area contributed by atoms with Crippen LogP contribution in [-0.2, 0) is 17.8 Å². The number of nitrogens with zero attached hydrogens (tertiary/aromatic N) is 3. The van der Waals surface area contributed by atoms with Crippen LogP contribution in [0.5, 0.6) is 0 Å². The summed E-state index contributed by atoms with van der Waals surface area (Å²) in [6, 6.07) is 13.7. The van der Waals surface area contributed by atoms with Gasteiger partial charge in [0.2, 0.25) is 0 Å². The number of carbonyl (C=O) groups excluding carboxylic acids is 1. The Morgan fingerprint density at radius 3 is 2.21 bits per heavy atom. The number of aliphatic carboxylic acids is 1. The van der Waals surface area contributed by atoms with Crippen molar-refractivity contribution >= 4 is 41.4 Å². The first-order valence-electron chi connectivity index (χ1n) is 12.7. The number of aryl methyl sites for hydroxylation is 1. The van der Waals surface area contributed by atoms with Gasteiger partial charge >= 0.3 is 35.5 Å². The predicted molar refractivity (Wildman–Crippen MR) is 149 cm³/mol. The van der Waals surface area contributed by atoms with Crippen LogP contribution in [0.25, 0.3) is 5.69 Å². The zero-order chi connectivity index (χ0) is 28.0. The standard InChI is InChI=1S/C29H36FN3O5.Na.H/c1-18(2)27-25(14-13-23(34)15-24(35)16-26(36)37)33(22-11-9-21(30)10-12-22)31-28(27)29(38)32(4)17-20-7-5-19(3)6-8-20;;/h5-12,18,23-24,34-35H,13-17H2,1-4H3,(H,36,37);;/t23-,24-;;/m1../s1. The van der Waals surface area contributed by atoms with E-state index in [2.05, 4.69) is 5.10 Å². The maximum atomic E-state index is 13.7. The minimum absolute atomic E-state index is 0. The van der Waals surface area contributed by atoms with E-state index in [0.29, 0.717) is 24.3 Å². The number of carbonyl (C=O) groups is 2. The Morgan fingerprint density at radius 1 is 1.03 bits per heavy atom. The van der Waals surface area contributed by atoms with Crippen LogP contribution in [0, 0.1) is 12.7 Å². The number of benzene rings is 2. The Kier molecular flexibility index (Phi) is 12.3. The first-order chi connectivity index (χ1) is 18.0. The molecule has 1 amide bonds. The zero-order valence-corrected chi connectivity index (χ0v) is 22.3. The molecule has 3 N–H and O–H groups in total. The van der Waals surface area contributed by atoms with Gasteiger partial charge in [-0.15, -0.1) is 0 Å². The number of rotatable bonds is 12. The van der Waals surface area contributed by atoms with Crippen LogP contribution in [0.2, 0.25) is 0 Å². The molecule has 0 aliphatic heterocycles. The number of aliphatic hydroxyl groups is 2. The fourth-order valence-electron chi connectivity index (χ4n) is 4.51. The molecular formula is C29H37FN3NaO5. The molecule has 0 radical (unpaired) electrons. The van der Waals surface area contributed by atoms with E-state index in [0.717, 1.165) is 16.7 Å². The molecule has 0 saturated heterocycles. The summed E-state index contributed by atoms with van der Waals surface area (Å²) in [7, 11) is 1.72. The molecule has 10 heteroatoms. The third kappa shape index (κ3) is 8.98. The Labute approximate surface area is 250 Å². The van der Waals surface area contributed by atoms with Crippen molar-refractivity contribution in [2.75, 3.05) is 7.05 Å². The molecule has 2 aromatic carbocycles. The molecule has 0 saturated carbocycles. The molecule has 1 aromatic heterocycles. The fraction of sp³-hybridized carbons (Fsp3) is 0.414. The molecule has 3 rings (SSSR count). The first-order valence-corrected chi connectivity index (χ1v) is 12.7. The van der Waals surface area contributed by atoms with Crippen molar-refractivity contribution in [2.45, 2.75) is 71.1 Å². The van der Waals surface area contributed by atoms with Crippen LogP contribution in [-0.4, -0.2) is 90.7 Å². The molecule has 8 nitrogen and oxygen atoms in total. The summed E-state index contributed by atoms with van der Waals surface area (Å²) >= 11 is 0. The van der Waals surface area contributed by atoms with Crippen LogP contribution in [0.3, 0.4) is 0 Å². The van der Waals surface area contributed by atoms with Crippen molar-refractivity contribution < 1.29 is 29.3 Å². The van der Waals surface area contributed by atoms with Crippen LogP contribution in [0.4, 0.5) is 4.39 Å². The van der Waals surface area contributed by atoms with Crippen molar-refractivity contribution in [1.82, 2.24) is 14.7 Å². The number of carboxylic acid groups (broad SMARTS) is 1. The van der Waals surface area contributed by atoms with E-state index in [1.165, 1.54) is 12.1 Å². The second kappa shape index (κ2) is 14.7. The summed E-state index contributed by atoms with van der Waals surface area (Å²) in [5, 5.41) is 34.0. The van der Waals surface area contributed by atoms with E-state index in [9.17, 15) is 24.2 Å². The van der Waals surface area contributed by atoms with Gasteiger partial charge in [-0.3, -0.25) is 9.59 Å². The Balaban J connectivity index is 0.00000533. The van der Waals surface area contributed by atoms with E-state index in [4.69, 9.17) is 5.11 Å². The summed E-state index contributed by atoms with van der Waals surface area (Å²) < 4.78 is 15.3. The predicted octanol–water partition coefficient (Wildman–Crippen LogP) is 3.59. The molecule has 0 spiro atoms. The number of aliphatic hydroxyl groups excluding tert-OH is 2. The van der Waals surface area contributed by atoms with E-state index in [1.807, 2.05) is 45.0 Å². The van der Waals surface area contributed by atoms with E-state index < -0.39 is 30.4 Å². The van der Waals surface area contributed by atoms with Gasteiger partial charge in [-0.1, -0.05) is 43.7 Å². The number of hydrogen-bond donors (Lipinski definition) is 3. The molecule has 39 heavy (non-hydrogen) atoms. The molecule has 206 valence electrons. The van der Waals surface area contributed by atoms with Crippen LogP contribution >= 0.6 is 0 Å². The van der Waals surface area contributed by atoms with E-state index in [-0.39, 0.29) is 59.9 Å². The normalized spacial score (nSPS) is 12.6. The van der Waals surface area contributed by atoms with Crippen LogP contribution in [0.15, 0.2) is 48.5 Å². The number of hydrogen-bond acceptors (Lipinski definition) is 5. The second-order valence-corrected chi connectivity index (χ2v) is 10.1. The van der Waals surface area contributed by atoms with Crippen molar-refractivity contribution in [3.8, 4) is 5.69 Å². The summed E-state index contributed by atoms with van der Waals surface area (Å²) in [5.74, 6) is -1.88.